The zero-order valence-electron chi connectivity index (χ0n) is 10.7. The highest BCUT2D eigenvalue weighted by Crippen LogP contribution is 2.25. The average Bonchev–Trinajstić information content (AvgIpc) is 2.45. The summed E-state index contributed by atoms with van der Waals surface area (Å²) >= 11 is 6.08. The molecule has 2 N–H and O–H groups in total. The Morgan fingerprint density at radius 2 is 2.00 bits per heavy atom. The van der Waals surface area contributed by atoms with E-state index < -0.39 is 0 Å². The van der Waals surface area contributed by atoms with E-state index in [-0.39, 0.29) is 6.61 Å². The van der Waals surface area contributed by atoms with Gasteiger partial charge in [-0.25, -0.2) is 0 Å². The van der Waals surface area contributed by atoms with E-state index in [4.69, 9.17) is 16.3 Å². The first-order valence-electron chi connectivity index (χ1n) is 5.99. The maximum atomic E-state index is 9.25. The third kappa shape index (κ3) is 3.40. The van der Waals surface area contributed by atoms with Gasteiger partial charge in [0.25, 0.3) is 0 Å². The molecule has 2 aromatic carbocycles. The number of aliphatic hydroxyl groups excluding tert-OH is 1. The minimum atomic E-state index is 0.0204. The standard InChI is InChI=1S/C15H16ClNO2/c1-19-15-7-6-11(8-13(15)16)9-17-14-5-3-2-4-12(14)10-18/h2-8,17-18H,9-10H2,1H3. The largest absolute Gasteiger partial charge is 0.495 e. The molecule has 19 heavy (non-hydrogen) atoms. The molecule has 0 fully saturated rings. The van der Waals surface area contributed by atoms with Crippen molar-refractivity contribution in [2.45, 2.75) is 13.2 Å². The van der Waals surface area contributed by atoms with Crippen LogP contribution in [0, 0.1) is 0 Å². The fourth-order valence-electron chi connectivity index (χ4n) is 1.85. The molecule has 0 aliphatic rings. The highest BCUT2D eigenvalue weighted by Gasteiger charge is 2.03. The molecular weight excluding hydrogens is 262 g/mol. The summed E-state index contributed by atoms with van der Waals surface area (Å²) in [6.45, 7) is 0.660. The summed E-state index contributed by atoms with van der Waals surface area (Å²) in [5, 5.41) is 13.1. The van der Waals surface area contributed by atoms with Gasteiger partial charge in [0.2, 0.25) is 0 Å². The van der Waals surface area contributed by atoms with Crippen LogP contribution < -0.4 is 10.1 Å². The Labute approximate surface area is 117 Å². The van der Waals surface area contributed by atoms with E-state index in [2.05, 4.69) is 5.32 Å². The lowest BCUT2D eigenvalue weighted by Gasteiger charge is -2.11. The first kappa shape index (κ1) is 13.7. The van der Waals surface area contributed by atoms with Gasteiger partial charge in [0.15, 0.2) is 0 Å². The highest BCUT2D eigenvalue weighted by molar-refractivity contribution is 6.32. The molecule has 0 amide bonds. The molecule has 0 radical (unpaired) electrons. The Kier molecular flexibility index (Phi) is 4.66. The maximum absolute atomic E-state index is 9.25. The molecule has 0 unspecified atom stereocenters. The SMILES string of the molecule is COc1ccc(CNc2ccccc2CO)cc1Cl. The highest BCUT2D eigenvalue weighted by atomic mass is 35.5. The van der Waals surface area contributed by atoms with Gasteiger partial charge >= 0.3 is 0 Å². The first-order chi connectivity index (χ1) is 9.24. The Hall–Kier alpha value is -1.71. The second-order valence-corrected chi connectivity index (χ2v) is 4.54. The lowest BCUT2D eigenvalue weighted by molar-refractivity contribution is 0.282. The number of anilines is 1. The molecule has 0 heterocycles. The van der Waals surface area contributed by atoms with Gasteiger partial charge in [-0.15, -0.1) is 0 Å². The number of benzene rings is 2. The number of halogens is 1. The fourth-order valence-corrected chi connectivity index (χ4v) is 2.13. The molecule has 3 nitrogen and oxygen atoms in total. The van der Waals surface area contributed by atoms with Crippen molar-refractivity contribution in [2.75, 3.05) is 12.4 Å². The van der Waals surface area contributed by atoms with Crippen molar-refractivity contribution in [3.63, 3.8) is 0 Å². The molecule has 0 bridgehead atoms. The van der Waals surface area contributed by atoms with Crippen LogP contribution in [-0.4, -0.2) is 12.2 Å². The minimum absolute atomic E-state index is 0.0204. The van der Waals surface area contributed by atoms with Crippen molar-refractivity contribution in [1.82, 2.24) is 0 Å². The zero-order valence-corrected chi connectivity index (χ0v) is 11.4. The smallest absolute Gasteiger partial charge is 0.137 e. The van der Waals surface area contributed by atoms with Crippen molar-refractivity contribution >= 4 is 17.3 Å². The molecule has 0 spiro atoms. The number of aliphatic hydroxyl groups is 1. The van der Waals surface area contributed by atoms with Crippen LogP contribution >= 0.6 is 11.6 Å². The Morgan fingerprint density at radius 1 is 1.21 bits per heavy atom. The number of ether oxygens (including phenoxy) is 1. The maximum Gasteiger partial charge on any atom is 0.137 e. The monoisotopic (exact) mass is 277 g/mol. The van der Waals surface area contributed by atoms with E-state index in [1.54, 1.807) is 7.11 Å². The van der Waals surface area contributed by atoms with Crippen LogP contribution in [0.25, 0.3) is 0 Å². The summed E-state index contributed by atoms with van der Waals surface area (Å²) in [7, 11) is 1.59. The lowest BCUT2D eigenvalue weighted by atomic mass is 10.1. The number of nitrogens with one attached hydrogen (secondary N) is 1. The van der Waals surface area contributed by atoms with Crippen LogP contribution in [0.4, 0.5) is 5.69 Å². The van der Waals surface area contributed by atoms with E-state index in [0.29, 0.717) is 17.3 Å². The molecule has 0 saturated heterocycles. The summed E-state index contributed by atoms with van der Waals surface area (Å²) < 4.78 is 5.11. The van der Waals surface area contributed by atoms with Crippen LogP contribution in [0.15, 0.2) is 42.5 Å². The second-order valence-electron chi connectivity index (χ2n) is 4.14. The average molecular weight is 278 g/mol. The Bertz CT molecular complexity index is 558. The van der Waals surface area contributed by atoms with Gasteiger partial charge in [0, 0.05) is 17.8 Å². The molecule has 2 aromatic rings. The van der Waals surface area contributed by atoms with Gasteiger partial charge in [-0.3, -0.25) is 0 Å². The van der Waals surface area contributed by atoms with Crippen molar-refractivity contribution in [2.24, 2.45) is 0 Å². The zero-order chi connectivity index (χ0) is 13.7. The van der Waals surface area contributed by atoms with E-state index in [9.17, 15) is 5.11 Å². The molecule has 2 rings (SSSR count). The van der Waals surface area contributed by atoms with Crippen LogP contribution in [0.2, 0.25) is 5.02 Å². The van der Waals surface area contributed by atoms with Gasteiger partial charge in [-0.05, 0) is 23.8 Å². The summed E-state index contributed by atoms with van der Waals surface area (Å²) in [4.78, 5) is 0. The van der Waals surface area contributed by atoms with E-state index in [1.807, 2.05) is 42.5 Å². The van der Waals surface area contributed by atoms with Gasteiger partial charge < -0.3 is 15.2 Å². The summed E-state index contributed by atoms with van der Waals surface area (Å²) in [6.07, 6.45) is 0. The van der Waals surface area contributed by atoms with Crippen LogP contribution in [-0.2, 0) is 13.2 Å². The van der Waals surface area contributed by atoms with Crippen molar-refractivity contribution in [1.29, 1.82) is 0 Å². The number of hydrogen-bond donors (Lipinski definition) is 2. The van der Waals surface area contributed by atoms with E-state index >= 15 is 0 Å². The number of hydrogen-bond acceptors (Lipinski definition) is 3. The van der Waals surface area contributed by atoms with Gasteiger partial charge in [-0.1, -0.05) is 35.9 Å². The topological polar surface area (TPSA) is 41.5 Å². The van der Waals surface area contributed by atoms with E-state index in [0.717, 1.165) is 16.8 Å². The van der Waals surface area contributed by atoms with E-state index in [1.165, 1.54) is 0 Å². The summed E-state index contributed by atoms with van der Waals surface area (Å²) in [5.74, 6) is 0.668. The summed E-state index contributed by atoms with van der Waals surface area (Å²) in [6, 6.07) is 13.3. The van der Waals surface area contributed by atoms with Crippen LogP contribution in [0.1, 0.15) is 11.1 Å². The quantitative estimate of drug-likeness (QED) is 0.879. The first-order valence-corrected chi connectivity index (χ1v) is 6.37. The molecule has 0 atom stereocenters. The van der Waals surface area contributed by atoms with Crippen molar-refractivity contribution in [3.05, 3.63) is 58.6 Å². The third-order valence-electron chi connectivity index (χ3n) is 2.89. The molecule has 0 aliphatic carbocycles. The molecule has 100 valence electrons. The molecule has 0 aromatic heterocycles. The predicted octanol–water partition coefficient (Wildman–Crippen LogP) is 3.45. The fraction of sp³-hybridized carbons (Fsp3) is 0.200. The van der Waals surface area contributed by atoms with Gasteiger partial charge in [-0.2, -0.15) is 0 Å². The van der Waals surface area contributed by atoms with Gasteiger partial charge in [0.05, 0.1) is 18.7 Å². The Morgan fingerprint density at radius 3 is 2.68 bits per heavy atom. The lowest BCUT2D eigenvalue weighted by Crippen LogP contribution is -2.02. The minimum Gasteiger partial charge on any atom is -0.495 e. The molecule has 4 heteroatoms. The Balaban J connectivity index is 2.08. The van der Waals surface area contributed by atoms with Crippen LogP contribution in [0.5, 0.6) is 5.75 Å². The van der Waals surface area contributed by atoms with Crippen molar-refractivity contribution in [3.8, 4) is 5.75 Å². The third-order valence-corrected chi connectivity index (χ3v) is 3.18. The van der Waals surface area contributed by atoms with Crippen molar-refractivity contribution < 1.29 is 9.84 Å². The second kappa shape index (κ2) is 6.45. The number of methoxy groups -OCH3 is 1. The number of para-hydroxylation sites is 1. The number of rotatable bonds is 5. The van der Waals surface area contributed by atoms with Gasteiger partial charge in [0.1, 0.15) is 5.75 Å². The molecule has 0 saturated carbocycles. The molecule has 0 aliphatic heterocycles. The summed E-state index contributed by atoms with van der Waals surface area (Å²) in [5.41, 5.74) is 2.86. The normalized spacial score (nSPS) is 10.3. The molecular formula is C15H16ClNO2. The van der Waals surface area contributed by atoms with Crippen LogP contribution in [0.3, 0.4) is 0 Å². The predicted molar refractivity (Wildman–Crippen MR) is 77.7 cm³/mol.